The summed E-state index contributed by atoms with van der Waals surface area (Å²) in [7, 11) is 2.00. The fraction of sp³-hybridized carbons (Fsp3) is 0.438. The Morgan fingerprint density at radius 2 is 2.30 bits per heavy atom. The predicted octanol–water partition coefficient (Wildman–Crippen LogP) is 3.50. The second-order valence-electron chi connectivity index (χ2n) is 5.32. The van der Waals surface area contributed by atoms with Crippen LogP contribution in [0.5, 0.6) is 5.75 Å². The van der Waals surface area contributed by atoms with Crippen molar-refractivity contribution in [3.63, 3.8) is 0 Å². The fourth-order valence-corrected chi connectivity index (χ4v) is 3.06. The Hall–Kier alpha value is -1.39. The largest absolute Gasteiger partial charge is 0.490 e. The zero-order chi connectivity index (χ0) is 13.9. The van der Waals surface area contributed by atoms with E-state index < -0.39 is 0 Å². The molecule has 0 saturated heterocycles. The van der Waals surface area contributed by atoms with Crippen molar-refractivity contribution in [2.24, 2.45) is 0 Å². The maximum atomic E-state index is 5.87. The summed E-state index contributed by atoms with van der Waals surface area (Å²) in [6, 6.07) is 8.71. The van der Waals surface area contributed by atoms with Gasteiger partial charge in [0.25, 0.3) is 0 Å². The van der Waals surface area contributed by atoms with E-state index in [0.717, 1.165) is 17.9 Å². The summed E-state index contributed by atoms with van der Waals surface area (Å²) in [5, 5.41) is 6.67. The summed E-state index contributed by atoms with van der Waals surface area (Å²) in [5.41, 5.74) is 2.36. The molecule has 1 N–H and O–H groups in total. The van der Waals surface area contributed by atoms with Crippen LogP contribution in [-0.4, -0.2) is 18.1 Å². The second kappa shape index (κ2) is 5.94. The van der Waals surface area contributed by atoms with Gasteiger partial charge in [-0.25, -0.2) is 4.98 Å². The van der Waals surface area contributed by atoms with Gasteiger partial charge in [-0.15, -0.1) is 11.3 Å². The van der Waals surface area contributed by atoms with Gasteiger partial charge in [0, 0.05) is 23.5 Å². The van der Waals surface area contributed by atoms with Gasteiger partial charge in [-0.05, 0) is 44.5 Å². The molecule has 20 heavy (non-hydrogen) atoms. The van der Waals surface area contributed by atoms with E-state index in [9.17, 15) is 0 Å². The minimum Gasteiger partial charge on any atom is -0.490 e. The first-order chi connectivity index (χ1) is 9.74. The molecule has 1 saturated carbocycles. The van der Waals surface area contributed by atoms with Crippen molar-refractivity contribution in [1.29, 1.82) is 0 Å². The first kappa shape index (κ1) is 13.6. The molecule has 1 fully saturated rings. The highest BCUT2D eigenvalue weighted by Gasteiger charge is 2.23. The minimum atomic E-state index is 0.281. The summed E-state index contributed by atoms with van der Waals surface area (Å²) in [6.07, 6.45) is 3.75. The van der Waals surface area contributed by atoms with Crippen molar-refractivity contribution >= 4 is 11.3 Å². The average Bonchev–Trinajstić information content (AvgIpc) is 3.17. The fourth-order valence-electron chi connectivity index (χ4n) is 2.24. The molecule has 0 bridgehead atoms. The van der Waals surface area contributed by atoms with E-state index in [1.165, 1.54) is 23.4 Å². The molecule has 1 atom stereocenters. The lowest BCUT2D eigenvalue weighted by molar-refractivity contribution is 0.302. The van der Waals surface area contributed by atoms with E-state index in [4.69, 9.17) is 4.74 Å². The average molecular weight is 288 g/mol. The Kier molecular flexibility index (Phi) is 4.03. The molecule has 0 spiro atoms. The number of hydrogen-bond acceptors (Lipinski definition) is 4. The van der Waals surface area contributed by atoms with Crippen molar-refractivity contribution < 1.29 is 4.74 Å². The van der Waals surface area contributed by atoms with Crippen LogP contribution in [-0.2, 0) is 6.42 Å². The number of aromatic nitrogens is 1. The first-order valence-electron chi connectivity index (χ1n) is 7.09. The van der Waals surface area contributed by atoms with Crippen LogP contribution < -0.4 is 10.1 Å². The number of likely N-dealkylation sites (N-methyl/N-ethyl adjacent to an activating group) is 1. The highest BCUT2D eigenvalue weighted by Crippen LogP contribution is 2.29. The number of thiazole rings is 1. The first-order valence-corrected chi connectivity index (χ1v) is 7.97. The van der Waals surface area contributed by atoms with Gasteiger partial charge in [0.15, 0.2) is 0 Å². The highest BCUT2D eigenvalue weighted by molar-refractivity contribution is 7.09. The molecule has 1 unspecified atom stereocenters. The standard InChI is InChI=1S/C16H20N2OS/c1-11-10-20-16(18-11)9-15(17-2)12-4-3-5-14(8-12)19-13-6-7-13/h3-5,8,10,13,15,17H,6-7,9H2,1-2H3. The van der Waals surface area contributed by atoms with Crippen LogP contribution in [0.25, 0.3) is 0 Å². The van der Waals surface area contributed by atoms with Crippen molar-refractivity contribution in [3.8, 4) is 5.75 Å². The third kappa shape index (κ3) is 3.38. The second-order valence-corrected chi connectivity index (χ2v) is 6.26. The molecule has 1 aliphatic rings. The summed E-state index contributed by atoms with van der Waals surface area (Å²) >= 11 is 1.73. The van der Waals surface area contributed by atoms with Gasteiger partial charge in [0.1, 0.15) is 5.75 Å². The molecule has 3 nitrogen and oxygen atoms in total. The number of aryl methyl sites for hydroxylation is 1. The molecule has 4 heteroatoms. The minimum absolute atomic E-state index is 0.281. The topological polar surface area (TPSA) is 34.2 Å². The van der Waals surface area contributed by atoms with Crippen LogP contribution in [0.2, 0.25) is 0 Å². The van der Waals surface area contributed by atoms with Gasteiger partial charge < -0.3 is 10.1 Å². The van der Waals surface area contributed by atoms with E-state index in [1.54, 1.807) is 11.3 Å². The van der Waals surface area contributed by atoms with Crippen LogP contribution in [0.4, 0.5) is 0 Å². The molecule has 1 aromatic heterocycles. The van der Waals surface area contributed by atoms with Crippen molar-refractivity contribution in [3.05, 3.63) is 45.9 Å². The van der Waals surface area contributed by atoms with Gasteiger partial charge in [-0.3, -0.25) is 0 Å². The monoisotopic (exact) mass is 288 g/mol. The van der Waals surface area contributed by atoms with Crippen LogP contribution in [0.1, 0.15) is 35.1 Å². The van der Waals surface area contributed by atoms with Gasteiger partial charge in [-0.1, -0.05) is 12.1 Å². The smallest absolute Gasteiger partial charge is 0.120 e. The lowest BCUT2D eigenvalue weighted by Crippen LogP contribution is -2.18. The van der Waals surface area contributed by atoms with Gasteiger partial charge in [0.05, 0.1) is 11.1 Å². The molecule has 0 amide bonds. The lowest BCUT2D eigenvalue weighted by atomic mass is 10.0. The van der Waals surface area contributed by atoms with Gasteiger partial charge >= 0.3 is 0 Å². The van der Waals surface area contributed by atoms with Crippen molar-refractivity contribution in [2.45, 2.75) is 38.3 Å². The van der Waals surface area contributed by atoms with Crippen LogP contribution in [0.3, 0.4) is 0 Å². The van der Waals surface area contributed by atoms with E-state index >= 15 is 0 Å². The SMILES string of the molecule is CNC(Cc1nc(C)cs1)c1cccc(OC2CC2)c1. The Morgan fingerprint density at radius 3 is 2.95 bits per heavy atom. The molecule has 106 valence electrons. The number of nitrogens with zero attached hydrogens (tertiary/aromatic N) is 1. The number of nitrogens with one attached hydrogen (secondary N) is 1. The van der Waals surface area contributed by atoms with Gasteiger partial charge in [0.2, 0.25) is 0 Å². The number of hydrogen-bond donors (Lipinski definition) is 1. The Bertz CT molecular complexity index is 577. The molecule has 1 heterocycles. The number of benzene rings is 1. The molecule has 0 radical (unpaired) electrons. The van der Waals surface area contributed by atoms with E-state index in [-0.39, 0.29) is 6.04 Å². The van der Waals surface area contributed by atoms with E-state index in [1.807, 2.05) is 20.0 Å². The predicted molar refractivity (Wildman–Crippen MR) is 82.4 cm³/mol. The third-order valence-electron chi connectivity index (χ3n) is 3.48. The zero-order valence-electron chi connectivity index (χ0n) is 11.9. The number of rotatable bonds is 6. The van der Waals surface area contributed by atoms with E-state index in [0.29, 0.717) is 6.10 Å². The molecule has 1 aromatic carbocycles. The van der Waals surface area contributed by atoms with Crippen LogP contribution >= 0.6 is 11.3 Å². The zero-order valence-corrected chi connectivity index (χ0v) is 12.7. The highest BCUT2D eigenvalue weighted by atomic mass is 32.1. The Balaban J connectivity index is 1.73. The van der Waals surface area contributed by atoms with Crippen LogP contribution in [0.15, 0.2) is 29.6 Å². The van der Waals surface area contributed by atoms with E-state index in [2.05, 4.69) is 33.9 Å². The molecule has 2 aromatic rings. The Morgan fingerprint density at radius 1 is 1.45 bits per heavy atom. The molecular weight excluding hydrogens is 268 g/mol. The van der Waals surface area contributed by atoms with Crippen LogP contribution in [0, 0.1) is 6.92 Å². The van der Waals surface area contributed by atoms with Crippen molar-refractivity contribution in [2.75, 3.05) is 7.05 Å². The molecular formula is C16H20N2OS. The summed E-state index contributed by atoms with van der Waals surface area (Å²) in [6.45, 7) is 2.04. The molecule has 1 aliphatic carbocycles. The molecule has 0 aliphatic heterocycles. The lowest BCUT2D eigenvalue weighted by Gasteiger charge is -2.16. The number of ether oxygens (including phenoxy) is 1. The quantitative estimate of drug-likeness (QED) is 0.883. The maximum Gasteiger partial charge on any atom is 0.120 e. The van der Waals surface area contributed by atoms with Gasteiger partial charge in [-0.2, -0.15) is 0 Å². The summed E-state index contributed by atoms with van der Waals surface area (Å²) < 4.78 is 5.87. The summed E-state index contributed by atoms with van der Waals surface area (Å²) in [5.74, 6) is 0.987. The third-order valence-corrected chi connectivity index (χ3v) is 4.47. The van der Waals surface area contributed by atoms with Crippen molar-refractivity contribution in [1.82, 2.24) is 10.3 Å². The Labute approximate surface area is 124 Å². The maximum absolute atomic E-state index is 5.87. The summed E-state index contributed by atoms with van der Waals surface area (Å²) in [4.78, 5) is 4.55. The molecule has 3 rings (SSSR count). The normalized spacial score (nSPS) is 16.1.